The van der Waals surface area contributed by atoms with Gasteiger partial charge in [-0.25, -0.2) is 8.78 Å². The molecule has 35 heavy (non-hydrogen) atoms. The number of anilines is 1. The van der Waals surface area contributed by atoms with Crippen LogP contribution in [-0.4, -0.2) is 54.5 Å². The Labute approximate surface area is 206 Å². The summed E-state index contributed by atoms with van der Waals surface area (Å²) in [7, 11) is 0. The monoisotopic (exact) mass is 489 g/mol. The average Bonchev–Trinajstić information content (AvgIpc) is 2.76. The minimum atomic E-state index is -0.977. The number of carbonyl (C=O) groups is 1. The summed E-state index contributed by atoms with van der Waals surface area (Å²) >= 11 is 0. The maximum absolute atomic E-state index is 13.7. The summed E-state index contributed by atoms with van der Waals surface area (Å²) in [5, 5.41) is 26.6. The lowest BCUT2D eigenvalue weighted by Gasteiger charge is -2.37. The van der Waals surface area contributed by atoms with E-state index in [-0.39, 0.29) is 36.9 Å². The topological polar surface area (TPSA) is 84.8 Å². The second-order valence-corrected chi connectivity index (χ2v) is 10.3. The van der Waals surface area contributed by atoms with Crippen molar-refractivity contribution in [3.63, 3.8) is 0 Å². The zero-order valence-corrected chi connectivity index (χ0v) is 20.9. The van der Waals surface area contributed by atoms with Crippen LogP contribution in [-0.2, 0) is 16.6 Å². The second kappa shape index (κ2) is 11.5. The van der Waals surface area contributed by atoms with E-state index in [9.17, 15) is 23.8 Å². The zero-order valence-electron chi connectivity index (χ0n) is 20.9. The summed E-state index contributed by atoms with van der Waals surface area (Å²) in [6, 6.07) is 8.86. The van der Waals surface area contributed by atoms with Crippen LogP contribution in [0.15, 0.2) is 36.4 Å². The summed E-state index contributed by atoms with van der Waals surface area (Å²) in [6.45, 7) is 9.37. The predicted octanol–water partition coefficient (Wildman–Crippen LogP) is 3.20. The Balaban J connectivity index is 1.78. The molecule has 0 bridgehead atoms. The van der Waals surface area contributed by atoms with Gasteiger partial charge in [0.05, 0.1) is 18.8 Å². The highest BCUT2D eigenvalue weighted by molar-refractivity contribution is 5.73. The number of nitrogens with one attached hydrogen (secondary N) is 2. The second-order valence-electron chi connectivity index (χ2n) is 10.3. The minimum absolute atomic E-state index is 0.0264. The Bertz CT molecular complexity index is 1000. The average molecular weight is 490 g/mol. The zero-order chi connectivity index (χ0) is 25.8. The lowest BCUT2D eigenvalue weighted by atomic mass is 9.83. The number of halogens is 2. The van der Waals surface area contributed by atoms with Crippen molar-refractivity contribution in [3.05, 3.63) is 64.7 Å². The van der Waals surface area contributed by atoms with Gasteiger partial charge < -0.3 is 25.7 Å². The fraction of sp³-hybridized carbons (Fsp3) is 0.519. The quantitative estimate of drug-likeness (QED) is 0.435. The number of benzene rings is 2. The molecule has 8 heteroatoms. The molecule has 0 aromatic heterocycles. The Hall–Kier alpha value is -2.55. The van der Waals surface area contributed by atoms with Gasteiger partial charge in [0.25, 0.3) is 0 Å². The summed E-state index contributed by atoms with van der Waals surface area (Å²) in [4.78, 5) is 13.9. The number of amides is 1. The summed E-state index contributed by atoms with van der Waals surface area (Å²) in [5.41, 5.74) is 3.68. The standard InChI is InChI=1S/C27H37F2N3O3/c1-17(34)31-24(13-18-11-20(28)15-21(29)12-18)26(35)16-30-23-7-8-32(9-10-33)25-6-5-19(14-22(23)25)27(2,3)4/h5-6,11-12,14-15,23-24,26,30,33,35H,7-10,13,16H2,1-4H3,(H,31,34). The molecule has 6 nitrogen and oxygen atoms in total. The van der Waals surface area contributed by atoms with E-state index in [0.29, 0.717) is 12.1 Å². The molecule has 4 N–H and O–H groups in total. The third-order valence-electron chi connectivity index (χ3n) is 6.47. The van der Waals surface area contributed by atoms with Crippen molar-refractivity contribution in [3.8, 4) is 0 Å². The van der Waals surface area contributed by atoms with E-state index in [0.717, 1.165) is 30.3 Å². The van der Waals surface area contributed by atoms with Gasteiger partial charge in [0.2, 0.25) is 5.91 Å². The molecule has 1 amide bonds. The number of rotatable bonds is 9. The molecule has 1 aliphatic heterocycles. The van der Waals surface area contributed by atoms with Crippen LogP contribution < -0.4 is 15.5 Å². The number of hydrogen-bond donors (Lipinski definition) is 4. The van der Waals surface area contributed by atoms with Crippen LogP contribution >= 0.6 is 0 Å². The molecule has 2 aromatic carbocycles. The van der Waals surface area contributed by atoms with Gasteiger partial charge in [-0.15, -0.1) is 0 Å². The lowest BCUT2D eigenvalue weighted by molar-refractivity contribution is -0.120. The Morgan fingerprint density at radius 2 is 1.86 bits per heavy atom. The van der Waals surface area contributed by atoms with E-state index >= 15 is 0 Å². The number of aliphatic hydroxyl groups is 2. The maximum atomic E-state index is 13.7. The number of carbonyl (C=O) groups excluding carboxylic acids is 1. The summed E-state index contributed by atoms with van der Waals surface area (Å²) < 4.78 is 27.3. The van der Waals surface area contributed by atoms with Crippen LogP contribution in [0.4, 0.5) is 14.5 Å². The van der Waals surface area contributed by atoms with Gasteiger partial charge in [0, 0.05) is 44.4 Å². The molecule has 0 saturated carbocycles. The van der Waals surface area contributed by atoms with E-state index in [1.54, 1.807) is 0 Å². The van der Waals surface area contributed by atoms with Gasteiger partial charge in [-0.3, -0.25) is 4.79 Å². The molecule has 3 atom stereocenters. The highest BCUT2D eigenvalue weighted by atomic mass is 19.1. The fourth-order valence-corrected chi connectivity index (χ4v) is 4.65. The van der Waals surface area contributed by atoms with E-state index in [2.05, 4.69) is 54.5 Å². The van der Waals surface area contributed by atoms with Gasteiger partial charge in [0.15, 0.2) is 0 Å². The third kappa shape index (κ3) is 7.22. The molecule has 1 aliphatic rings. The first-order valence-electron chi connectivity index (χ1n) is 12.1. The largest absolute Gasteiger partial charge is 0.395 e. The van der Waals surface area contributed by atoms with Crippen molar-refractivity contribution in [2.24, 2.45) is 0 Å². The maximum Gasteiger partial charge on any atom is 0.217 e. The molecule has 0 spiro atoms. The van der Waals surface area contributed by atoms with E-state index in [4.69, 9.17) is 0 Å². The first-order chi connectivity index (χ1) is 16.5. The van der Waals surface area contributed by atoms with E-state index < -0.39 is 23.8 Å². The van der Waals surface area contributed by atoms with Crippen molar-refractivity contribution in [2.45, 2.75) is 64.1 Å². The van der Waals surface area contributed by atoms with Crippen molar-refractivity contribution in [1.29, 1.82) is 0 Å². The molecule has 0 fully saturated rings. The van der Waals surface area contributed by atoms with Gasteiger partial charge in [0.1, 0.15) is 11.6 Å². The molecule has 3 unspecified atom stereocenters. The summed E-state index contributed by atoms with van der Waals surface area (Å²) in [5.74, 6) is -1.73. The molecular weight excluding hydrogens is 452 g/mol. The van der Waals surface area contributed by atoms with Crippen LogP contribution in [0.5, 0.6) is 0 Å². The van der Waals surface area contributed by atoms with Gasteiger partial charge in [-0.05, 0) is 53.1 Å². The predicted molar refractivity (Wildman–Crippen MR) is 133 cm³/mol. The first kappa shape index (κ1) is 27.0. The number of aliphatic hydroxyl groups excluding tert-OH is 2. The molecule has 1 heterocycles. The fourth-order valence-electron chi connectivity index (χ4n) is 4.65. The number of nitrogens with zero attached hydrogens (tertiary/aromatic N) is 1. The molecule has 3 rings (SSSR count). The molecule has 192 valence electrons. The third-order valence-corrected chi connectivity index (χ3v) is 6.47. The molecule has 0 aliphatic carbocycles. The number of hydrogen-bond acceptors (Lipinski definition) is 5. The Kier molecular flexibility index (Phi) is 8.85. The van der Waals surface area contributed by atoms with E-state index in [1.807, 2.05) is 0 Å². The normalized spacial score (nSPS) is 17.6. The summed E-state index contributed by atoms with van der Waals surface area (Å²) in [6.07, 6.45) is -0.0979. The first-order valence-corrected chi connectivity index (χ1v) is 12.1. The molecule has 2 aromatic rings. The van der Waals surface area contributed by atoms with E-state index in [1.165, 1.54) is 24.6 Å². The Morgan fingerprint density at radius 1 is 1.17 bits per heavy atom. The van der Waals surface area contributed by atoms with Crippen molar-refractivity contribution in [1.82, 2.24) is 10.6 Å². The molecule has 0 saturated heterocycles. The molecule has 0 radical (unpaired) electrons. The number of β-amino-alcohol motifs (C(OH)–C–C–N with tert-alkyl or cyclic N) is 1. The number of fused-ring (bicyclic) bond motifs is 1. The van der Waals surface area contributed by atoms with Crippen LogP contribution in [0.1, 0.15) is 56.8 Å². The van der Waals surface area contributed by atoms with Gasteiger partial charge in [-0.2, -0.15) is 0 Å². The van der Waals surface area contributed by atoms with Crippen LogP contribution in [0.2, 0.25) is 0 Å². The van der Waals surface area contributed by atoms with Crippen molar-refractivity contribution >= 4 is 11.6 Å². The highest BCUT2D eigenvalue weighted by Gasteiger charge is 2.29. The van der Waals surface area contributed by atoms with Gasteiger partial charge >= 0.3 is 0 Å². The lowest BCUT2D eigenvalue weighted by Crippen LogP contribution is -2.49. The Morgan fingerprint density at radius 3 is 2.46 bits per heavy atom. The molecular formula is C27H37F2N3O3. The van der Waals surface area contributed by atoms with Crippen molar-refractivity contribution in [2.75, 3.05) is 31.1 Å². The van der Waals surface area contributed by atoms with Crippen LogP contribution in [0.3, 0.4) is 0 Å². The van der Waals surface area contributed by atoms with Crippen LogP contribution in [0.25, 0.3) is 0 Å². The smallest absolute Gasteiger partial charge is 0.217 e. The highest BCUT2D eigenvalue weighted by Crippen LogP contribution is 2.37. The van der Waals surface area contributed by atoms with Crippen LogP contribution in [0, 0.1) is 11.6 Å². The van der Waals surface area contributed by atoms with Crippen molar-refractivity contribution < 1.29 is 23.8 Å². The SMILES string of the molecule is CC(=O)NC(Cc1cc(F)cc(F)c1)C(O)CNC1CCN(CCO)c2ccc(C(C)(C)C)cc21. The minimum Gasteiger partial charge on any atom is -0.395 e. The van der Waals surface area contributed by atoms with Gasteiger partial charge in [-0.1, -0.05) is 32.9 Å².